The van der Waals surface area contributed by atoms with Gasteiger partial charge in [-0.15, -0.1) is 0 Å². The summed E-state index contributed by atoms with van der Waals surface area (Å²) in [5, 5.41) is 6.72. The van der Waals surface area contributed by atoms with Crippen molar-refractivity contribution in [2.45, 2.75) is 70.4 Å². The summed E-state index contributed by atoms with van der Waals surface area (Å²) in [6.45, 7) is 5.36. The minimum absolute atomic E-state index is 0.0117. The lowest BCUT2D eigenvalue weighted by Gasteiger charge is -2.28. The molecule has 0 saturated carbocycles. The number of esters is 2. The van der Waals surface area contributed by atoms with Gasteiger partial charge in [0.2, 0.25) is 0 Å². The van der Waals surface area contributed by atoms with Gasteiger partial charge in [-0.1, -0.05) is 23.3 Å². The first-order valence-corrected chi connectivity index (χ1v) is 11.7. The predicted molar refractivity (Wildman–Crippen MR) is 115 cm³/mol. The van der Waals surface area contributed by atoms with Crippen LogP contribution in [0, 0.1) is 17.8 Å². The van der Waals surface area contributed by atoms with Crippen molar-refractivity contribution in [2.24, 2.45) is 17.8 Å². The molecule has 2 saturated heterocycles. The van der Waals surface area contributed by atoms with E-state index in [0.29, 0.717) is 18.6 Å². The van der Waals surface area contributed by atoms with Crippen LogP contribution in [0.4, 0.5) is 0 Å². The van der Waals surface area contributed by atoms with Gasteiger partial charge in [-0.25, -0.2) is 0 Å². The number of ether oxygens (including phenoxy) is 2. The van der Waals surface area contributed by atoms with Gasteiger partial charge in [0.05, 0.1) is 18.4 Å². The Kier molecular flexibility index (Phi) is 7.26. The molecule has 6 nitrogen and oxygen atoms in total. The average Bonchev–Trinajstić information content (AvgIpc) is 3.14. The Labute approximate surface area is 179 Å². The lowest BCUT2D eigenvalue weighted by atomic mass is 9.86. The van der Waals surface area contributed by atoms with Crippen LogP contribution in [0.5, 0.6) is 0 Å². The third-order valence-electron chi connectivity index (χ3n) is 7.11. The first-order valence-electron chi connectivity index (χ1n) is 11.7. The molecule has 0 radical (unpaired) electrons. The quantitative estimate of drug-likeness (QED) is 0.491. The van der Waals surface area contributed by atoms with Gasteiger partial charge in [-0.3, -0.25) is 9.59 Å². The second-order valence-corrected chi connectivity index (χ2v) is 9.61. The number of hydrogen-bond donors (Lipinski definition) is 2. The van der Waals surface area contributed by atoms with Crippen molar-refractivity contribution in [1.82, 2.24) is 10.6 Å². The van der Waals surface area contributed by atoms with Gasteiger partial charge in [0.15, 0.2) is 0 Å². The minimum Gasteiger partial charge on any atom is -0.465 e. The van der Waals surface area contributed by atoms with Gasteiger partial charge < -0.3 is 20.1 Å². The van der Waals surface area contributed by atoms with Crippen LogP contribution in [0.3, 0.4) is 0 Å². The largest absolute Gasteiger partial charge is 0.465 e. The maximum atomic E-state index is 12.4. The molecule has 0 amide bonds. The lowest BCUT2D eigenvalue weighted by molar-refractivity contribution is -0.153. The molecule has 4 rings (SSSR count). The summed E-state index contributed by atoms with van der Waals surface area (Å²) < 4.78 is 11.3. The van der Waals surface area contributed by atoms with Crippen LogP contribution in [-0.4, -0.2) is 50.3 Å². The van der Waals surface area contributed by atoms with Crippen LogP contribution in [0.1, 0.15) is 58.3 Å². The standard InChI is InChI=1S/C24H36N2O4/c1-16-2-6-20(7-3-16)24(28)30-22-11-21(26-14-22)10-17-4-8-19(9-5-17)23(27)29-15-18-12-25-13-18/h2,4,18-22,25-26H,3,5-15H2,1H3/t19?,20?,21?,22-/m1/s1. The first-order chi connectivity index (χ1) is 14.6. The Balaban J connectivity index is 1.15. The summed E-state index contributed by atoms with van der Waals surface area (Å²) in [7, 11) is 0. The third kappa shape index (κ3) is 5.73. The van der Waals surface area contributed by atoms with Crippen molar-refractivity contribution < 1.29 is 19.1 Å². The number of nitrogens with one attached hydrogen (secondary N) is 2. The molecule has 2 aliphatic heterocycles. The number of rotatable bonds is 7. The molecule has 2 N–H and O–H groups in total. The van der Waals surface area contributed by atoms with Gasteiger partial charge >= 0.3 is 11.9 Å². The van der Waals surface area contributed by atoms with E-state index < -0.39 is 0 Å². The summed E-state index contributed by atoms with van der Waals surface area (Å²) in [6, 6.07) is 0.358. The molecule has 2 fully saturated rings. The first kappa shape index (κ1) is 21.6. The Hall–Kier alpha value is -1.66. The molecule has 4 aliphatic rings. The Morgan fingerprint density at radius 3 is 2.47 bits per heavy atom. The molecular formula is C24H36N2O4. The second kappa shape index (κ2) is 10.1. The van der Waals surface area contributed by atoms with E-state index in [-0.39, 0.29) is 29.9 Å². The summed E-state index contributed by atoms with van der Waals surface area (Å²) in [5.41, 5.74) is 2.80. The van der Waals surface area contributed by atoms with Crippen molar-refractivity contribution in [3.63, 3.8) is 0 Å². The van der Waals surface area contributed by atoms with Crippen molar-refractivity contribution in [2.75, 3.05) is 26.2 Å². The Morgan fingerprint density at radius 1 is 1.03 bits per heavy atom. The van der Waals surface area contributed by atoms with Gasteiger partial charge in [-0.2, -0.15) is 0 Å². The average molecular weight is 417 g/mol. The summed E-state index contributed by atoms with van der Waals surface area (Å²) in [5.74, 6) is 0.488. The zero-order valence-electron chi connectivity index (χ0n) is 18.2. The SMILES string of the molecule is CC1=CCC(C(=O)O[C@H]2CNC(CC3=CCC(C(=O)OCC4CNC4)CC3)C2)CC1. The van der Waals surface area contributed by atoms with Gasteiger partial charge in [0.25, 0.3) is 0 Å². The molecule has 0 aromatic heterocycles. The second-order valence-electron chi connectivity index (χ2n) is 9.61. The van der Waals surface area contributed by atoms with Crippen molar-refractivity contribution in [3.05, 3.63) is 23.3 Å². The highest BCUT2D eigenvalue weighted by Crippen LogP contribution is 2.30. The van der Waals surface area contributed by atoms with E-state index in [0.717, 1.165) is 71.0 Å². The van der Waals surface area contributed by atoms with E-state index in [9.17, 15) is 9.59 Å². The molecular weight excluding hydrogens is 380 g/mol. The molecule has 4 atom stereocenters. The molecule has 6 heteroatoms. The molecule has 2 heterocycles. The molecule has 0 aromatic carbocycles. The number of hydrogen-bond acceptors (Lipinski definition) is 6. The number of carbonyl (C=O) groups is 2. The maximum Gasteiger partial charge on any atom is 0.309 e. The third-order valence-corrected chi connectivity index (χ3v) is 7.11. The summed E-state index contributed by atoms with van der Waals surface area (Å²) in [6.07, 6.45) is 11.6. The zero-order chi connectivity index (χ0) is 20.9. The molecule has 0 spiro atoms. The molecule has 166 valence electrons. The van der Waals surface area contributed by atoms with Gasteiger partial charge in [0.1, 0.15) is 6.10 Å². The number of carbonyl (C=O) groups excluding carboxylic acids is 2. The van der Waals surface area contributed by atoms with E-state index in [4.69, 9.17) is 9.47 Å². The zero-order valence-corrected chi connectivity index (χ0v) is 18.2. The molecule has 0 bridgehead atoms. The maximum absolute atomic E-state index is 12.4. The fourth-order valence-corrected chi connectivity index (χ4v) is 4.86. The number of allylic oxidation sites excluding steroid dienone is 3. The fraction of sp³-hybridized carbons (Fsp3) is 0.750. The van der Waals surface area contributed by atoms with Crippen molar-refractivity contribution >= 4 is 11.9 Å². The molecule has 0 aromatic rings. The van der Waals surface area contributed by atoms with Crippen LogP contribution in [-0.2, 0) is 19.1 Å². The van der Waals surface area contributed by atoms with Crippen molar-refractivity contribution in [3.8, 4) is 0 Å². The topological polar surface area (TPSA) is 76.7 Å². The van der Waals surface area contributed by atoms with E-state index in [1.54, 1.807) is 0 Å². The Bertz CT molecular complexity index is 697. The van der Waals surface area contributed by atoms with Crippen LogP contribution in [0.15, 0.2) is 23.3 Å². The normalized spacial score (nSPS) is 32.0. The van der Waals surface area contributed by atoms with Crippen molar-refractivity contribution in [1.29, 1.82) is 0 Å². The smallest absolute Gasteiger partial charge is 0.309 e. The monoisotopic (exact) mass is 416 g/mol. The highest BCUT2D eigenvalue weighted by molar-refractivity contribution is 5.73. The van der Waals surface area contributed by atoms with E-state index in [1.165, 1.54) is 11.1 Å². The van der Waals surface area contributed by atoms with E-state index in [1.807, 2.05) is 0 Å². The Morgan fingerprint density at radius 2 is 1.80 bits per heavy atom. The van der Waals surface area contributed by atoms with Crippen LogP contribution in [0.2, 0.25) is 0 Å². The van der Waals surface area contributed by atoms with Crippen LogP contribution < -0.4 is 10.6 Å². The molecule has 3 unspecified atom stereocenters. The van der Waals surface area contributed by atoms with Crippen LogP contribution >= 0.6 is 0 Å². The molecule has 2 aliphatic carbocycles. The summed E-state index contributed by atoms with van der Waals surface area (Å²) in [4.78, 5) is 24.7. The highest BCUT2D eigenvalue weighted by Gasteiger charge is 2.32. The van der Waals surface area contributed by atoms with E-state index >= 15 is 0 Å². The highest BCUT2D eigenvalue weighted by atomic mass is 16.5. The van der Waals surface area contributed by atoms with Crippen LogP contribution in [0.25, 0.3) is 0 Å². The summed E-state index contributed by atoms with van der Waals surface area (Å²) >= 11 is 0. The van der Waals surface area contributed by atoms with E-state index in [2.05, 4.69) is 29.7 Å². The minimum atomic E-state index is -0.0316. The fourth-order valence-electron chi connectivity index (χ4n) is 4.86. The van der Waals surface area contributed by atoms with Gasteiger partial charge in [-0.05, 0) is 51.9 Å². The lowest BCUT2D eigenvalue weighted by Crippen LogP contribution is -2.45. The molecule has 30 heavy (non-hydrogen) atoms. The predicted octanol–water partition coefficient (Wildman–Crippen LogP) is 2.89. The van der Waals surface area contributed by atoms with Gasteiger partial charge in [0, 0.05) is 38.0 Å².